The standard InChI is InChI=1S/C25H31N3O4/c1-24(2,3)15-10-11-19-17(14-15)20(16-8-6-7-9-18(16)26-19)21(29)32-13-12-28-22(30)25(4,5)27-23(28)31/h6-9,15H,10-14H2,1-5H3,(H,27,31). The molecular formula is C25H31N3O4. The fourth-order valence-corrected chi connectivity index (χ4v) is 4.68. The summed E-state index contributed by atoms with van der Waals surface area (Å²) in [5, 5.41) is 3.42. The Morgan fingerprint density at radius 2 is 1.97 bits per heavy atom. The molecule has 170 valence electrons. The van der Waals surface area contributed by atoms with E-state index in [1.54, 1.807) is 13.8 Å². The van der Waals surface area contributed by atoms with Crippen LogP contribution in [-0.4, -0.2) is 46.5 Å². The molecule has 4 rings (SSSR count). The number of fused-ring (bicyclic) bond motifs is 2. The van der Waals surface area contributed by atoms with Crippen LogP contribution in [0.2, 0.25) is 0 Å². The number of aromatic nitrogens is 1. The lowest BCUT2D eigenvalue weighted by atomic mass is 9.70. The summed E-state index contributed by atoms with van der Waals surface area (Å²) in [5.41, 5.74) is 2.47. The van der Waals surface area contributed by atoms with E-state index >= 15 is 0 Å². The smallest absolute Gasteiger partial charge is 0.339 e. The van der Waals surface area contributed by atoms with Crippen LogP contribution in [0, 0.1) is 11.3 Å². The fraction of sp³-hybridized carbons (Fsp3) is 0.520. The van der Waals surface area contributed by atoms with Gasteiger partial charge in [-0.25, -0.2) is 9.59 Å². The Bertz CT molecular complexity index is 1100. The van der Waals surface area contributed by atoms with Crippen LogP contribution < -0.4 is 5.32 Å². The minimum atomic E-state index is -0.941. The highest BCUT2D eigenvalue weighted by atomic mass is 16.5. The average molecular weight is 438 g/mol. The number of aryl methyl sites for hydroxylation is 1. The minimum absolute atomic E-state index is 0.0235. The van der Waals surface area contributed by atoms with Crippen molar-refractivity contribution in [2.75, 3.05) is 13.2 Å². The first-order valence-corrected chi connectivity index (χ1v) is 11.2. The molecule has 2 aromatic rings. The van der Waals surface area contributed by atoms with E-state index in [1.165, 1.54) is 0 Å². The third-order valence-corrected chi connectivity index (χ3v) is 6.68. The molecule has 7 nitrogen and oxygen atoms in total. The monoisotopic (exact) mass is 437 g/mol. The van der Waals surface area contributed by atoms with Crippen LogP contribution in [0.4, 0.5) is 4.79 Å². The molecule has 2 heterocycles. The average Bonchev–Trinajstić information content (AvgIpc) is 2.92. The van der Waals surface area contributed by atoms with Gasteiger partial charge in [-0.1, -0.05) is 39.0 Å². The van der Waals surface area contributed by atoms with Gasteiger partial charge >= 0.3 is 12.0 Å². The minimum Gasteiger partial charge on any atom is -0.460 e. The van der Waals surface area contributed by atoms with Gasteiger partial charge in [0.15, 0.2) is 0 Å². The molecular weight excluding hydrogens is 406 g/mol. The van der Waals surface area contributed by atoms with E-state index < -0.39 is 17.5 Å². The number of carbonyl (C=O) groups is 3. The van der Waals surface area contributed by atoms with Crippen molar-refractivity contribution in [3.8, 4) is 0 Å². The maximum absolute atomic E-state index is 13.3. The molecule has 32 heavy (non-hydrogen) atoms. The molecule has 3 amide bonds. The van der Waals surface area contributed by atoms with E-state index in [1.807, 2.05) is 24.3 Å². The zero-order valence-corrected chi connectivity index (χ0v) is 19.4. The lowest BCUT2D eigenvalue weighted by molar-refractivity contribution is -0.130. The van der Waals surface area contributed by atoms with Gasteiger partial charge in [0.25, 0.3) is 5.91 Å². The van der Waals surface area contributed by atoms with Crippen LogP contribution in [0.3, 0.4) is 0 Å². The third kappa shape index (κ3) is 3.96. The number of urea groups is 1. The van der Waals surface area contributed by atoms with Gasteiger partial charge in [-0.2, -0.15) is 0 Å². The summed E-state index contributed by atoms with van der Waals surface area (Å²) in [6.07, 6.45) is 2.65. The summed E-state index contributed by atoms with van der Waals surface area (Å²) in [7, 11) is 0. The van der Waals surface area contributed by atoms with E-state index in [0.29, 0.717) is 11.5 Å². The number of para-hydroxylation sites is 1. The number of esters is 1. The van der Waals surface area contributed by atoms with E-state index in [4.69, 9.17) is 9.72 Å². The van der Waals surface area contributed by atoms with Crippen molar-refractivity contribution >= 4 is 28.8 Å². The number of benzene rings is 1. The quantitative estimate of drug-likeness (QED) is 0.579. The Kier molecular flexibility index (Phi) is 5.47. The van der Waals surface area contributed by atoms with Crippen LogP contribution in [0.1, 0.15) is 62.7 Å². The normalized spacial score (nSPS) is 20.3. The van der Waals surface area contributed by atoms with Crippen LogP contribution in [0.15, 0.2) is 24.3 Å². The van der Waals surface area contributed by atoms with E-state index in [-0.39, 0.29) is 24.5 Å². The molecule has 0 saturated carbocycles. The summed E-state index contributed by atoms with van der Waals surface area (Å²) >= 11 is 0. The van der Waals surface area contributed by atoms with Crippen LogP contribution in [-0.2, 0) is 22.4 Å². The lowest BCUT2D eigenvalue weighted by Gasteiger charge is -2.35. The highest BCUT2D eigenvalue weighted by Crippen LogP contribution is 2.39. The number of hydrogen-bond donors (Lipinski definition) is 1. The number of ether oxygens (including phenoxy) is 1. The predicted molar refractivity (Wildman–Crippen MR) is 121 cm³/mol. The maximum Gasteiger partial charge on any atom is 0.339 e. The maximum atomic E-state index is 13.3. The summed E-state index contributed by atoms with van der Waals surface area (Å²) < 4.78 is 5.61. The number of amides is 3. The Balaban J connectivity index is 1.60. The molecule has 1 unspecified atom stereocenters. The molecule has 1 aliphatic heterocycles. The van der Waals surface area contributed by atoms with Gasteiger partial charge in [0.05, 0.1) is 17.6 Å². The van der Waals surface area contributed by atoms with Crippen LogP contribution in [0.5, 0.6) is 0 Å². The Hall–Kier alpha value is -2.96. The molecule has 1 N–H and O–H groups in total. The third-order valence-electron chi connectivity index (χ3n) is 6.68. The number of carbonyl (C=O) groups excluding carboxylic acids is 3. The molecule has 1 saturated heterocycles. The molecule has 0 bridgehead atoms. The molecule has 1 fully saturated rings. The lowest BCUT2D eigenvalue weighted by Crippen LogP contribution is -2.40. The second kappa shape index (κ2) is 7.87. The Morgan fingerprint density at radius 3 is 2.62 bits per heavy atom. The van der Waals surface area contributed by atoms with Crippen molar-refractivity contribution in [1.82, 2.24) is 15.2 Å². The summed E-state index contributed by atoms with van der Waals surface area (Å²) in [4.78, 5) is 43.7. The van der Waals surface area contributed by atoms with E-state index in [0.717, 1.165) is 46.3 Å². The van der Waals surface area contributed by atoms with Gasteiger partial charge < -0.3 is 10.1 Å². The number of nitrogens with one attached hydrogen (secondary N) is 1. The van der Waals surface area contributed by atoms with Crippen molar-refractivity contribution < 1.29 is 19.1 Å². The zero-order chi connectivity index (χ0) is 23.3. The highest BCUT2D eigenvalue weighted by molar-refractivity contribution is 6.07. The van der Waals surface area contributed by atoms with Crippen molar-refractivity contribution in [3.05, 3.63) is 41.1 Å². The number of pyridine rings is 1. The van der Waals surface area contributed by atoms with Gasteiger partial charge in [0.1, 0.15) is 12.1 Å². The highest BCUT2D eigenvalue weighted by Gasteiger charge is 2.44. The number of nitrogens with zero attached hydrogens (tertiary/aromatic N) is 2. The summed E-state index contributed by atoms with van der Waals surface area (Å²) in [5.74, 6) is -0.309. The fourth-order valence-electron chi connectivity index (χ4n) is 4.68. The first-order chi connectivity index (χ1) is 15.0. The first kappa shape index (κ1) is 22.2. The molecule has 0 radical (unpaired) electrons. The second-order valence-electron chi connectivity index (χ2n) is 10.4. The second-order valence-corrected chi connectivity index (χ2v) is 10.4. The van der Waals surface area contributed by atoms with Gasteiger partial charge in [-0.05, 0) is 56.1 Å². The Morgan fingerprint density at radius 1 is 1.25 bits per heavy atom. The molecule has 1 aromatic carbocycles. The predicted octanol–water partition coefficient (Wildman–Crippen LogP) is 3.87. The van der Waals surface area contributed by atoms with Crippen LogP contribution in [0.25, 0.3) is 10.9 Å². The van der Waals surface area contributed by atoms with Crippen molar-refractivity contribution in [3.63, 3.8) is 0 Å². The van der Waals surface area contributed by atoms with Gasteiger partial charge in [0, 0.05) is 11.1 Å². The number of hydrogen-bond acceptors (Lipinski definition) is 5. The topological polar surface area (TPSA) is 88.6 Å². The molecule has 0 spiro atoms. The number of rotatable bonds is 4. The Labute approximate surface area is 188 Å². The van der Waals surface area contributed by atoms with E-state index in [9.17, 15) is 14.4 Å². The first-order valence-electron chi connectivity index (χ1n) is 11.2. The zero-order valence-electron chi connectivity index (χ0n) is 19.4. The van der Waals surface area contributed by atoms with E-state index in [2.05, 4.69) is 26.1 Å². The SMILES string of the molecule is CC1(C)NC(=O)N(CCOC(=O)c2c3c(nc4ccccc24)CCC(C(C)(C)C)C3)C1=O. The van der Waals surface area contributed by atoms with Gasteiger partial charge in [0.2, 0.25) is 0 Å². The number of imide groups is 1. The van der Waals surface area contributed by atoms with Crippen molar-refractivity contribution in [2.45, 2.75) is 59.4 Å². The largest absolute Gasteiger partial charge is 0.460 e. The molecule has 7 heteroatoms. The summed E-state index contributed by atoms with van der Waals surface area (Å²) in [6, 6.07) is 7.16. The molecule has 2 aliphatic rings. The summed E-state index contributed by atoms with van der Waals surface area (Å²) in [6.45, 7) is 9.97. The molecule has 1 aromatic heterocycles. The van der Waals surface area contributed by atoms with Crippen molar-refractivity contribution in [2.24, 2.45) is 11.3 Å². The van der Waals surface area contributed by atoms with Gasteiger partial charge in [-0.3, -0.25) is 14.7 Å². The molecule has 1 aliphatic carbocycles. The van der Waals surface area contributed by atoms with Crippen molar-refractivity contribution in [1.29, 1.82) is 0 Å². The van der Waals surface area contributed by atoms with Gasteiger partial charge in [-0.15, -0.1) is 0 Å². The molecule has 1 atom stereocenters. The van der Waals surface area contributed by atoms with Crippen LogP contribution >= 0.6 is 0 Å².